The van der Waals surface area contributed by atoms with E-state index in [0.29, 0.717) is 6.54 Å². The van der Waals surface area contributed by atoms with Gasteiger partial charge in [0.25, 0.3) is 0 Å². The summed E-state index contributed by atoms with van der Waals surface area (Å²) in [6.07, 6.45) is 4.51. The van der Waals surface area contributed by atoms with Gasteiger partial charge < -0.3 is 15.6 Å². The molecule has 0 aliphatic carbocycles. The number of carbonyl (C=O) groups is 1. The normalized spacial score (nSPS) is 15.6. The van der Waals surface area contributed by atoms with E-state index in [2.05, 4.69) is 20.1 Å². The van der Waals surface area contributed by atoms with Crippen molar-refractivity contribution in [3.8, 4) is 0 Å². The van der Waals surface area contributed by atoms with Crippen molar-refractivity contribution in [1.29, 1.82) is 0 Å². The van der Waals surface area contributed by atoms with Crippen LogP contribution in [0.3, 0.4) is 0 Å². The first kappa shape index (κ1) is 21.1. The molecule has 1 amide bonds. The lowest BCUT2D eigenvalue weighted by Gasteiger charge is -2.25. The molecule has 1 aromatic rings. The van der Waals surface area contributed by atoms with E-state index in [0.717, 1.165) is 31.0 Å². The van der Waals surface area contributed by atoms with Crippen molar-refractivity contribution in [2.24, 2.45) is 11.1 Å². The minimum Gasteiger partial charge on any atom is -0.347 e. The van der Waals surface area contributed by atoms with Crippen molar-refractivity contribution in [2.45, 2.75) is 65.6 Å². The molecular weight excluding hydrogens is 325 g/mol. The highest BCUT2D eigenvalue weighted by Crippen LogP contribution is 2.18. The molecule has 0 aromatic carbocycles. The Morgan fingerprint density at radius 3 is 2.59 bits per heavy atom. The Labute approximate surface area is 144 Å². The van der Waals surface area contributed by atoms with Crippen molar-refractivity contribution in [1.82, 2.24) is 20.1 Å². The fourth-order valence-electron chi connectivity index (χ4n) is 2.35. The highest BCUT2D eigenvalue weighted by atomic mass is 35.5. The number of amides is 1. The molecule has 0 radical (unpaired) electrons. The van der Waals surface area contributed by atoms with E-state index in [-0.39, 0.29) is 36.1 Å². The Kier molecular flexibility index (Phi) is 8.36. The lowest BCUT2D eigenvalue weighted by atomic mass is 9.87. The van der Waals surface area contributed by atoms with Crippen LogP contribution in [-0.2, 0) is 24.3 Å². The summed E-state index contributed by atoms with van der Waals surface area (Å²) in [4.78, 5) is 12.0. The van der Waals surface area contributed by atoms with Crippen molar-refractivity contribution in [3.05, 3.63) is 11.6 Å². The van der Waals surface area contributed by atoms with E-state index in [9.17, 15) is 4.79 Å². The average molecular weight is 352 g/mol. The molecule has 0 bridgehead atoms. The van der Waals surface area contributed by atoms with Gasteiger partial charge in [-0.05, 0) is 18.3 Å². The first-order valence-electron chi connectivity index (χ1n) is 7.34. The molecule has 1 atom stereocenters. The van der Waals surface area contributed by atoms with Crippen LogP contribution in [0.4, 0.5) is 0 Å². The summed E-state index contributed by atoms with van der Waals surface area (Å²) >= 11 is 0. The topological polar surface area (TPSA) is 85.8 Å². The van der Waals surface area contributed by atoms with Crippen LogP contribution in [0.5, 0.6) is 0 Å². The largest absolute Gasteiger partial charge is 0.347 e. The maximum absolute atomic E-state index is 12.0. The van der Waals surface area contributed by atoms with Crippen LogP contribution in [-0.4, -0.2) is 26.7 Å². The number of hydrogen-bond acceptors (Lipinski definition) is 4. The quantitative estimate of drug-likeness (QED) is 0.869. The number of nitrogens with zero attached hydrogens (tertiary/aromatic N) is 3. The number of carbonyl (C=O) groups excluding carboxylic acids is 1. The summed E-state index contributed by atoms with van der Waals surface area (Å²) in [7, 11) is 0. The summed E-state index contributed by atoms with van der Waals surface area (Å²) in [6, 6.07) is -0.519. The standard InChI is InChI=1S/C14H25N5O.2ClH/c1-14(2,3)12(15)13(20)16-9-11-18-17-10-7-5-4-6-8-19(10)11;;/h12H,4-9,15H2,1-3H3,(H,16,20);2*1H/t12-;;/m1../s1. The molecular formula is C14H27Cl2N5O. The molecule has 1 aliphatic rings. The van der Waals surface area contributed by atoms with Gasteiger partial charge in [0, 0.05) is 13.0 Å². The third kappa shape index (κ3) is 5.11. The zero-order valence-corrected chi connectivity index (χ0v) is 15.1. The van der Waals surface area contributed by atoms with E-state index < -0.39 is 6.04 Å². The summed E-state index contributed by atoms with van der Waals surface area (Å²) in [5, 5.41) is 11.3. The Bertz CT molecular complexity index is 484. The van der Waals surface area contributed by atoms with E-state index in [1.807, 2.05) is 20.8 Å². The first-order valence-corrected chi connectivity index (χ1v) is 7.34. The number of hydrogen-bond donors (Lipinski definition) is 2. The van der Waals surface area contributed by atoms with Crippen LogP contribution in [0.15, 0.2) is 0 Å². The highest BCUT2D eigenvalue weighted by molar-refractivity contribution is 5.85. The smallest absolute Gasteiger partial charge is 0.237 e. The van der Waals surface area contributed by atoms with Crippen LogP contribution in [0.25, 0.3) is 0 Å². The molecule has 0 fully saturated rings. The average Bonchev–Trinajstić information content (AvgIpc) is 2.61. The summed E-state index contributed by atoms with van der Waals surface area (Å²) in [5.41, 5.74) is 5.70. The number of nitrogens with two attached hydrogens (primary N) is 1. The van der Waals surface area contributed by atoms with E-state index in [1.165, 1.54) is 12.8 Å². The van der Waals surface area contributed by atoms with Crippen LogP contribution in [0, 0.1) is 5.41 Å². The molecule has 22 heavy (non-hydrogen) atoms. The predicted octanol–water partition coefficient (Wildman–Crippen LogP) is 1.84. The van der Waals surface area contributed by atoms with Crippen LogP contribution in [0.1, 0.15) is 51.7 Å². The Morgan fingerprint density at radius 1 is 1.27 bits per heavy atom. The van der Waals surface area contributed by atoms with Gasteiger partial charge in [0.2, 0.25) is 5.91 Å². The number of rotatable bonds is 3. The molecule has 8 heteroatoms. The van der Waals surface area contributed by atoms with Gasteiger partial charge in [-0.3, -0.25) is 4.79 Å². The molecule has 128 valence electrons. The Balaban J connectivity index is 0.00000220. The Hall–Kier alpha value is -0.850. The number of nitrogens with one attached hydrogen (secondary N) is 1. The van der Waals surface area contributed by atoms with Gasteiger partial charge in [0.1, 0.15) is 5.82 Å². The lowest BCUT2D eigenvalue weighted by Crippen LogP contribution is -2.48. The maximum Gasteiger partial charge on any atom is 0.237 e. The van der Waals surface area contributed by atoms with E-state index in [4.69, 9.17) is 5.73 Å². The van der Waals surface area contributed by atoms with Crippen molar-refractivity contribution >= 4 is 30.7 Å². The summed E-state index contributed by atoms with van der Waals surface area (Å²) in [6.45, 7) is 7.22. The molecule has 2 heterocycles. The Morgan fingerprint density at radius 2 is 1.95 bits per heavy atom. The van der Waals surface area contributed by atoms with E-state index >= 15 is 0 Å². The predicted molar refractivity (Wildman–Crippen MR) is 91.4 cm³/mol. The third-order valence-electron chi connectivity index (χ3n) is 3.82. The first-order chi connectivity index (χ1) is 9.39. The maximum atomic E-state index is 12.0. The van der Waals surface area contributed by atoms with E-state index in [1.54, 1.807) is 0 Å². The third-order valence-corrected chi connectivity index (χ3v) is 3.82. The van der Waals surface area contributed by atoms with Crippen molar-refractivity contribution in [3.63, 3.8) is 0 Å². The zero-order chi connectivity index (χ0) is 14.8. The highest BCUT2D eigenvalue weighted by Gasteiger charge is 2.27. The van der Waals surface area contributed by atoms with Crippen LogP contribution >= 0.6 is 24.8 Å². The molecule has 2 rings (SSSR count). The molecule has 0 saturated carbocycles. The summed E-state index contributed by atoms with van der Waals surface area (Å²) < 4.78 is 2.13. The zero-order valence-electron chi connectivity index (χ0n) is 13.5. The fourth-order valence-corrected chi connectivity index (χ4v) is 2.35. The second-order valence-electron chi connectivity index (χ2n) is 6.56. The van der Waals surface area contributed by atoms with Gasteiger partial charge >= 0.3 is 0 Å². The van der Waals surface area contributed by atoms with Gasteiger partial charge in [-0.15, -0.1) is 35.0 Å². The second-order valence-corrected chi connectivity index (χ2v) is 6.56. The second kappa shape index (κ2) is 8.70. The SMILES string of the molecule is CC(C)(C)[C@H](N)C(=O)NCc1nnc2n1CCCCC2.Cl.Cl. The van der Waals surface area contributed by atoms with Crippen molar-refractivity contribution in [2.75, 3.05) is 0 Å². The monoisotopic (exact) mass is 351 g/mol. The van der Waals surface area contributed by atoms with Gasteiger partial charge in [-0.1, -0.05) is 27.2 Å². The van der Waals surface area contributed by atoms with Gasteiger partial charge in [0.05, 0.1) is 12.6 Å². The van der Waals surface area contributed by atoms with Gasteiger partial charge in [-0.2, -0.15) is 0 Å². The molecule has 0 saturated heterocycles. The fraction of sp³-hybridized carbons (Fsp3) is 0.786. The number of fused-ring (bicyclic) bond motifs is 1. The minimum atomic E-state index is -0.519. The van der Waals surface area contributed by atoms with Gasteiger partial charge in [-0.25, -0.2) is 0 Å². The minimum absolute atomic E-state index is 0. The molecule has 1 aromatic heterocycles. The number of halogens is 2. The molecule has 0 spiro atoms. The van der Waals surface area contributed by atoms with Crippen molar-refractivity contribution < 1.29 is 4.79 Å². The molecule has 0 unspecified atom stereocenters. The van der Waals surface area contributed by atoms with Crippen LogP contribution < -0.4 is 11.1 Å². The molecule has 1 aliphatic heterocycles. The van der Waals surface area contributed by atoms with Crippen LogP contribution in [0.2, 0.25) is 0 Å². The molecule has 3 N–H and O–H groups in total. The lowest BCUT2D eigenvalue weighted by molar-refractivity contribution is -0.124. The summed E-state index contributed by atoms with van der Waals surface area (Å²) in [5.74, 6) is 1.73. The number of aromatic nitrogens is 3. The molecule has 6 nitrogen and oxygen atoms in total. The number of aryl methyl sites for hydroxylation is 1. The van der Waals surface area contributed by atoms with Gasteiger partial charge in [0.15, 0.2) is 5.82 Å².